The van der Waals surface area contributed by atoms with Crippen LogP contribution in [0.25, 0.3) is 11.1 Å². The lowest BCUT2D eigenvalue weighted by molar-refractivity contribution is 0.0390. The fraction of sp³-hybridized carbons (Fsp3) is 0.526. The summed E-state index contributed by atoms with van der Waals surface area (Å²) in [6.45, 7) is 11.9. The molecule has 8 heteroatoms. The molecular formula is C19H28N4O3S. The molecule has 2 N–H and O–H groups in total. The second-order valence-corrected chi connectivity index (χ2v) is 8.83. The van der Waals surface area contributed by atoms with Gasteiger partial charge in [-0.1, -0.05) is 6.07 Å². The Morgan fingerprint density at radius 3 is 2.48 bits per heavy atom. The van der Waals surface area contributed by atoms with Crippen LogP contribution in [0.4, 0.5) is 0 Å². The van der Waals surface area contributed by atoms with E-state index in [0.717, 1.165) is 46.7 Å². The molecule has 0 bridgehead atoms. The molecule has 0 amide bonds. The number of ether oxygens (including phenoxy) is 1. The Morgan fingerprint density at radius 1 is 1.15 bits per heavy atom. The molecular weight excluding hydrogens is 364 g/mol. The van der Waals surface area contributed by atoms with E-state index in [1.165, 1.54) is 0 Å². The van der Waals surface area contributed by atoms with Crippen LogP contribution in [0.1, 0.15) is 22.5 Å². The van der Waals surface area contributed by atoms with E-state index in [1.54, 1.807) is 6.07 Å². The van der Waals surface area contributed by atoms with Gasteiger partial charge in [0.25, 0.3) is 0 Å². The fourth-order valence-electron chi connectivity index (χ4n) is 3.58. The van der Waals surface area contributed by atoms with Gasteiger partial charge in [-0.3, -0.25) is 10.00 Å². The van der Waals surface area contributed by atoms with Crippen molar-refractivity contribution < 1.29 is 13.2 Å². The largest absolute Gasteiger partial charge is 0.379 e. The van der Waals surface area contributed by atoms with Gasteiger partial charge in [0.15, 0.2) is 0 Å². The highest BCUT2D eigenvalue weighted by Gasteiger charge is 2.21. The Labute approximate surface area is 161 Å². The standard InChI is InChI=1S/C19H28N4O3S/c1-13-11-14(2)18(12-17(13)19-15(3)21-22-16(19)4)27(24,25)20-5-6-23-7-9-26-10-8-23/h11-12,20H,5-10H2,1-4H3,(H,21,22). The van der Waals surface area contributed by atoms with Gasteiger partial charge >= 0.3 is 0 Å². The molecule has 0 spiro atoms. The van der Waals surface area contributed by atoms with Crippen molar-refractivity contribution in [1.29, 1.82) is 0 Å². The summed E-state index contributed by atoms with van der Waals surface area (Å²) >= 11 is 0. The molecule has 0 radical (unpaired) electrons. The first kappa shape index (κ1) is 20.0. The monoisotopic (exact) mass is 392 g/mol. The minimum Gasteiger partial charge on any atom is -0.379 e. The average molecular weight is 393 g/mol. The van der Waals surface area contributed by atoms with Crippen molar-refractivity contribution in [1.82, 2.24) is 19.8 Å². The average Bonchev–Trinajstić information content (AvgIpc) is 2.94. The summed E-state index contributed by atoms with van der Waals surface area (Å²) in [5, 5.41) is 7.22. The van der Waals surface area contributed by atoms with Crippen LogP contribution in [0.15, 0.2) is 17.0 Å². The number of sulfonamides is 1. The van der Waals surface area contributed by atoms with E-state index >= 15 is 0 Å². The molecule has 7 nitrogen and oxygen atoms in total. The predicted octanol–water partition coefficient (Wildman–Crippen LogP) is 1.92. The van der Waals surface area contributed by atoms with E-state index < -0.39 is 10.0 Å². The molecule has 1 saturated heterocycles. The number of H-pyrrole nitrogens is 1. The number of aryl methyl sites for hydroxylation is 4. The van der Waals surface area contributed by atoms with Crippen LogP contribution in [0.2, 0.25) is 0 Å². The van der Waals surface area contributed by atoms with Gasteiger partial charge in [0, 0.05) is 37.4 Å². The third kappa shape index (κ3) is 4.40. The van der Waals surface area contributed by atoms with Crippen LogP contribution in [-0.4, -0.2) is 62.9 Å². The van der Waals surface area contributed by atoms with Crippen LogP contribution in [0.5, 0.6) is 0 Å². The lowest BCUT2D eigenvalue weighted by Crippen LogP contribution is -2.41. The molecule has 1 aliphatic rings. The SMILES string of the molecule is Cc1cc(C)c(S(=O)(=O)NCCN2CCOCC2)cc1-c1c(C)n[nH]c1C. The van der Waals surface area contributed by atoms with Crippen molar-refractivity contribution in [3.05, 3.63) is 34.6 Å². The molecule has 1 fully saturated rings. The number of nitrogens with one attached hydrogen (secondary N) is 2. The van der Waals surface area contributed by atoms with Crippen molar-refractivity contribution >= 4 is 10.0 Å². The highest BCUT2D eigenvalue weighted by molar-refractivity contribution is 7.89. The van der Waals surface area contributed by atoms with Crippen LogP contribution in [0.3, 0.4) is 0 Å². The Morgan fingerprint density at radius 2 is 1.85 bits per heavy atom. The number of nitrogens with zero attached hydrogens (tertiary/aromatic N) is 2. The zero-order chi connectivity index (χ0) is 19.6. The van der Waals surface area contributed by atoms with Gasteiger partial charge in [0.2, 0.25) is 10.0 Å². The maximum absolute atomic E-state index is 12.9. The topological polar surface area (TPSA) is 87.3 Å². The van der Waals surface area contributed by atoms with Crippen molar-refractivity contribution in [3.8, 4) is 11.1 Å². The van der Waals surface area contributed by atoms with Crippen molar-refractivity contribution in [2.24, 2.45) is 0 Å². The molecule has 1 aromatic carbocycles. The summed E-state index contributed by atoms with van der Waals surface area (Å²) in [4.78, 5) is 2.53. The van der Waals surface area contributed by atoms with Gasteiger partial charge in [-0.15, -0.1) is 0 Å². The van der Waals surface area contributed by atoms with E-state index in [2.05, 4.69) is 19.8 Å². The van der Waals surface area contributed by atoms with Crippen molar-refractivity contribution in [2.75, 3.05) is 39.4 Å². The van der Waals surface area contributed by atoms with E-state index in [-0.39, 0.29) is 0 Å². The Kier molecular flexibility index (Phi) is 6.00. The lowest BCUT2D eigenvalue weighted by atomic mass is 9.97. The van der Waals surface area contributed by atoms with Crippen molar-refractivity contribution in [2.45, 2.75) is 32.6 Å². The number of aromatic nitrogens is 2. The number of rotatable bonds is 6. The normalized spacial score (nSPS) is 16.0. The summed E-state index contributed by atoms with van der Waals surface area (Å²) in [6, 6.07) is 3.70. The predicted molar refractivity (Wildman–Crippen MR) is 105 cm³/mol. The van der Waals surface area contributed by atoms with Crippen molar-refractivity contribution in [3.63, 3.8) is 0 Å². The summed E-state index contributed by atoms with van der Waals surface area (Å²) in [5.74, 6) is 0. The van der Waals surface area contributed by atoms with Crippen LogP contribution in [0, 0.1) is 27.7 Å². The highest BCUT2D eigenvalue weighted by Crippen LogP contribution is 2.32. The number of hydrogen-bond donors (Lipinski definition) is 2. The Balaban J connectivity index is 1.83. The molecule has 3 rings (SSSR count). The maximum Gasteiger partial charge on any atom is 0.240 e. The van der Waals surface area contributed by atoms with Gasteiger partial charge < -0.3 is 4.74 Å². The zero-order valence-electron chi connectivity index (χ0n) is 16.4. The van der Waals surface area contributed by atoms with E-state index in [1.807, 2.05) is 33.8 Å². The molecule has 0 aliphatic carbocycles. The molecule has 2 aromatic rings. The first-order valence-electron chi connectivity index (χ1n) is 9.22. The summed E-state index contributed by atoms with van der Waals surface area (Å²) in [7, 11) is -3.59. The summed E-state index contributed by atoms with van der Waals surface area (Å²) in [5.41, 5.74) is 5.45. The lowest BCUT2D eigenvalue weighted by Gasteiger charge is -2.26. The minimum absolute atomic E-state index is 0.324. The van der Waals surface area contributed by atoms with Crippen LogP contribution in [-0.2, 0) is 14.8 Å². The molecule has 2 heterocycles. The minimum atomic E-state index is -3.59. The van der Waals surface area contributed by atoms with Crippen LogP contribution >= 0.6 is 0 Å². The maximum atomic E-state index is 12.9. The van der Waals surface area contributed by atoms with E-state index in [0.29, 0.717) is 31.2 Å². The summed E-state index contributed by atoms with van der Waals surface area (Å²) < 4.78 is 33.9. The Bertz CT molecular complexity index is 896. The smallest absolute Gasteiger partial charge is 0.240 e. The molecule has 148 valence electrons. The molecule has 1 aromatic heterocycles. The number of benzene rings is 1. The Hall–Kier alpha value is -1.74. The second-order valence-electron chi connectivity index (χ2n) is 7.09. The van der Waals surface area contributed by atoms with E-state index in [9.17, 15) is 8.42 Å². The number of hydrogen-bond acceptors (Lipinski definition) is 5. The third-order valence-electron chi connectivity index (χ3n) is 5.03. The van der Waals surface area contributed by atoms with Gasteiger partial charge in [-0.25, -0.2) is 13.1 Å². The van der Waals surface area contributed by atoms with Crippen LogP contribution < -0.4 is 4.72 Å². The molecule has 0 unspecified atom stereocenters. The highest BCUT2D eigenvalue weighted by atomic mass is 32.2. The first-order chi connectivity index (χ1) is 12.8. The molecule has 0 saturated carbocycles. The first-order valence-corrected chi connectivity index (χ1v) is 10.7. The van der Waals surface area contributed by atoms with Gasteiger partial charge in [-0.2, -0.15) is 5.10 Å². The van der Waals surface area contributed by atoms with Gasteiger partial charge in [-0.05, 0) is 50.5 Å². The second kappa shape index (κ2) is 8.10. The number of aromatic amines is 1. The summed E-state index contributed by atoms with van der Waals surface area (Å²) in [6.07, 6.45) is 0. The quantitative estimate of drug-likeness (QED) is 0.784. The number of morpholine rings is 1. The zero-order valence-corrected chi connectivity index (χ0v) is 17.2. The fourth-order valence-corrected chi connectivity index (χ4v) is 4.85. The molecule has 1 aliphatic heterocycles. The molecule has 0 atom stereocenters. The molecule has 27 heavy (non-hydrogen) atoms. The van der Waals surface area contributed by atoms with Gasteiger partial charge in [0.05, 0.1) is 23.8 Å². The van der Waals surface area contributed by atoms with E-state index in [4.69, 9.17) is 4.74 Å². The van der Waals surface area contributed by atoms with Gasteiger partial charge in [0.1, 0.15) is 0 Å². The third-order valence-corrected chi connectivity index (χ3v) is 6.64.